The highest BCUT2D eigenvalue weighted by Gasteiger charge is 2.25. The van der Waals surface area contributed by atoms with Gasteiger partial charge >= 0.3 is 0 Å². The van der Waals surface area contributed by atoms with E-state index in [1.807, 2.05) is 4.90 Å². The quantitative estimate of drug-likeness (QED) is 0.533. The van der Waals surface area contributed by atoms with Crippen molar-refractivity contribution in [1.82, 2.24) is 4.90 Å². The van der Waals surface area contributed by atoms with Gasteiger partial charge in [0.15, 0.2) is 0 Å². The summed E-state index contributed by atoms with van der Waals surface area (Å²) in [5.41, 5.74) is 10.4. The van der Waals surface area contributed by atoms with Crippen LogP contribution in [0.2, 0.25) is 0 Å². The standard InChI is InChI=1S/C11H27N3O/c1-9(5-12)7-14(11(3,4)15)8-10(2)6-13/h9-10,15H,5-8,12-13H2,1-4H3. The number of hydrogen-bond acceptors (Lipinski definition) is 4. The van der Waals surface area contributed by atoms with Crippen LogP contribution in [0.25, 0.3) is 0 Å². The van der Waals surface area contributed by atoms with Crippen molar-refractivity contribution in [2.75, 3.05) is 26.2 Å². The summed E-state index contributed by atoms with van der Waals surface area (Å²) >= 11 is 0. The lowest BCUT2D eigenvalue weighted by molar-refractivity contribution is -0.0890. The third-order valence-electron chi connectivity index (χ3n) is 2.64. The molecule has 0 spiro atoms. The van der Waals surface area contributed by atoms with Crippen LogP contribution in [-0.4, -0.2) is 41.9 Å². The van der Waals surface area contributed by atoms with Crippen molar-refractivity contribution in [3.05, 3.63) is 0 Å². The first kappa shape index (κ1) is 14.8. The average molecular weight is 217 g/mol. The van der Waals surface area contributed by atoms with Crippen molar-refractivity contribution in [3.8, 4) is 0 Å². The second-order valence-electron chi connectivity index (χ2n) is 5.08. The Balaban J connectivity index is 4.32. The van der Waals surface area contributed by atoms with Gasteiger partial charge in [-0.1, -0.05) is 13.8 Å². The Morgan fingerprint density at radius 3 is 1.60 bits per heavy atom. The van der Waals surface area contributed by atoms with E-state index in [1.54, 1.807) is 13.8 Å². The van der Waals surface area contributed by atoms with Crippen LogP contribution in [0.1, 0.15) is 27.7 Å². The molecule has 0 fully saturated rings. The van der Waals surface area contributed by atoms with E-state index in [0.717, 1.165) is 13.1 Å². The van der Waals surface area contributed by atoms with Gasteiger partial charge in [-0.05, 0) is 38.8 Å². The molecule has 0 radical (unpaired) electrons. The van der Waals surface area contributed by atoms with E-state index in [9.17, 15) is 5.11 Å². The van der Waals surface area contributed by atoms with Crippen LogP contribution in [0.5, 0.6) is 0 Å². The Kier molecular flexibility index (Phi) is 6.36. The monoisotopic (exact) mass is 217 g/mol. The molecule has 0 aromatic rings. The van der Waals surface area contributed by atoms with Crippen LogP contribution in [-0.2, 0) is 0 Å². The van der Waals surface area contributed by atoms with Gasteiger partial charge in [0.05, 0.1) is 0 Å². The molecule has 0 rings (SSSR count). The second kappa shape index (κ2) is 6.43. The summed E-state index contributed by atoms with van der Waals surface area (Å²) in [6, 6.07) is 0. The van der Waals surface area contributed by atoms with Crippen LogP contribution >= 0.6 is 0 Å². The number of rotatable bonds is 7. The molecule has 0 aliphatic rings. The zero-order valence-electron chi connectivity index (χ0n) is 10.5. The van der Waals surface area contributed by atoms with Gasteiger partial charge in [0.1, 0.15) is 5.72 Å². The Morgan fingerprint density at radius 2 is 1.40 bits per heavy atom. The van der Waals surface area contributed by atoms with Gasteiger partial charge in [0, 0.05) is 13.1 Å². The Bertz CT molecular complexity index is 156. The Hall–Kier alpha value is -0.160. The summed E-state index contributed by atoms with van der Waals surface area (Å²) < 4.78 is 0. The van der Waals surface area contributed by atoms with Gasteiger partial charge in [-0.2, -0.15) is 0 Å². The van der Waals surface area contributed by atoms with Crippen molar-refractivity contribution < 1.29 is 5.11 Å². The molecule has 2 atom stereocenters. The number of nitrogens with two attached hydrogens (primary N) is 2. The van der Waals surface area contributed by atoms with E-state index in [2.05, 4.69) is 13.8 Å². The summed E-state index contributed by atoms with van der Waals surface area (Å²) in [6.45, 7) is 10.7. The van der Waals surface area contributed by atoms with Crippen LogP contribution in [0.4, 0.5) is 0 Å². The molecule has 0 bridgehead atoms. The molecule has 0 heterocycles. The van der Waals surface area contributed by atoms with E-state index < -0.39 is 5.72 Å². The zero-order valence-corrected chi connectivity index (χ0v) is 10.5. The second-order valence-corrected chi connectivity index (χ2v) is 5.08. The molecule has 4 nitrogen and oxygen atoms in total. The maximum atomic E-state index is 10.0. The van der Waals surface area contributed by atoms with Gasteiger partial charge in [0.2, 0.25) is 0 Å². The maximum absolute atomic E-state index is 10.0. The topological polar surface area (TPSA) is 75.5 Å². The molecule has 92 valence electrons. The minimum absolute atomic E-state index is 0.390. The highest BCUT2D eigenvalue weighted by Crippen LogP contribution is 2.14. The molecular formula is C11H27N3O. The smallest absolute Gasteiger partial charge is 0.112 e. The van der Waals surface area contributed by atoms with Crippen LogP contribution in [0.15, 0.2) is 0 Å². The summed E-state index contributed by atoms with van der Waals surface area (Å²) in [4.78, 5) is 2.04. The molecule has 0 saturated heterocycles. The van der Waals surface area contributed by atoms with E-state index >= 15 is 0 Å². The van der Waals surface area contributed by atoms with Crippen molar-refractivity contribution in [3.63, 3.8) is 0 Å². The predicted molar refractivity (Wildman–Crippen MR) is 64.3 cm³/mol. The molecule has 0 amide bonds. The summed E-state index contributed by atoms with van der Waals surface area (Å²) in [5.74, 6) is 0.780. The maximum Gasteiger partial charge on any atom is 0.112 e. The van der Waals surface area contributed by atoms with Crippen molar-refractivity contribution >= 4 is 0 Å². The lowest BCUT2D eigenvalue weighted by atomic mass is 10.1. The van der Waals surface area contributed by atoms with Crippen LogP contribution < -0.4 is 11.5 Å². The molecule has 2 unspecified atom stereocenters. The molecule has 4 heteroatoms. The first-order valence-electron chi connectivity index (χ1n) is 5.68. The van der Waals surface area contributed by atoms with Crippen LogP contribution in [0.3, 0.4) is 0 Å². The van der Waals surface area contributed by atoms with E-state index in [0.29, 0.717) is 24.9 Å². The van der Waals surface area contributed by atoms with E-state index in [4.69, 9.17) is 11.5 Å². The highest BCUT2D eigenvalue weighted by molar-refractivity contribution is 4.74. The van der Waals surface area contributed by atoms with E-state index in [1.165, 1.54) is 0 Å². The van der Waals surface area contributed by atoms with Crippen LogP contribution in [0, 0.1) is 11.8 Å². The summed E-state index contributed by atoms with van der Waals surface area (Å²) in [7, 11) is 0. The number of aliphatic hydroxyl groups is 1. The van der Waals surface area contributed by atoms with Crippen molar-refractivity contribution in [2.24, 2.45) is 23.3 Å². The largest absolute Gasteiger partial charge is 0.376 e. The lowest BCUT2D eigenvalue weighted by Crippen LogP contribution is -2.49. The first-order valence-corrected chi connectivity index (χ1v) is 5.68. The highest BCUT2D eigenvalue weighted by atomic mass is 16.3. The van der Waals surface area contributed by atoms with Gasteiger partial charge < -0.3 is 16.6 Å². The number of nitrogens with zero attached hydrogens (tertiary/aromatic N) is 1. The molecule has 0 aromatic carbocycles. The SMILES string of the molecule is CC(CN)CN(CC(C)CN)C(C)(C)O. The molecule has 0 aliphatic carbocycles. The molecule has 15 heavy (non-hydrogen) atoms. The lowest BCUT2D eigenvalue weighted by Gasteiger charge is -2.37. The number of hydrogen-bond donors (Lipinski definition) is 3. The fourth-order valence-corrected chi connectivity index (χ4v) is 1.42. The minimum atomic E-state index is -0.799. The molecular weight excluding hydrogens is 190 g/mol. The predicted octanol–water partition coefficient (Wildman–Crippen LogP) is 0.206. The zero-order chi connectivity index (χ0) is 12.1. The average Bonchev–Trinajstić information content (AvgIpc) is 2.14. The van der Waals surface area contributed by atoms with Gasteiger partial charge in [-0.25, -0.2) is 0 Å². The Morgan fingerprint density at radius 1 is 1.07 bits per heavy atom. The molecule has 0 aliphatic heterocycles. The molecule has 0 aromatic heterocycles. The minimum Gasteiger partial charge on any atom is -0.376 e. The Labute approximate surface area is 93.6 Å². The molecule has 0 saturated carbocycles. The fourth-order valence-electron chi connectivity index (χ4n) is 1.42. The first-order chi connectivity index (χ1) is 6.81. The van der Waals surface area contributed by atoms with Gasteiger partial charge in [0.25, 0.3) is 0 Å². The van der Waals surface area contributed by atoms with Gasteiger partial charge in [-0.15, -0.1) is 0 Å². The fraction of sp³-hybridized carbons (Fsp3) is 1.00. The van der Waals surface area contributed by atoms with Gasteiger partial charge in [-0.3, -0.25) is 4.90 Å². The summed E-state index contributed by atoms with van der Waals surface area (Å²) in [5, 5.41) is 10.0. The van der Waals surface area contributed by atoms with E-state index in [-0.39, 0.29) is 0 Å². The normalized spacial score (nSPS) is 16.8. The third kappa shape index (κ3) is 6.10. The third-order valence-corrected chi connectivity index (χ3v) is 2.64. The summed E-state index contributed by atoms with van der Waals surface area (Å²) in [6.07, 6.45) is 0. The molecule has 5 N–H and O–H groups in total. The van der Waals surface area contributed by atoms with Crippen molar-refractivity contribution in [2.45, 2.75) is 33.4 Å². The van der Waals surface area contributed by atoms with Crippen molar-refractivity contribution in [1.29, 1.82) is 0 Å².